The number of aryl methyl sites for hydroxylation is 1. The maximum absolute atomic E-state index is 12.9. The summed E-state index contributed by atoms with van der Waals surface area (Å²) in [6.07, 6.45) is 0.0811. The van der Waals surface area contributed by atoms with E-state index in [2.05, 4.69) is 25.3 Å². The number of halogens is 4. The van der Waals surface area contributed by atoms with E-state index in [0.717, 1.165) is 6.20 Å². The molecule has 0 bridgehead atoms. The topological polar surface area (TPSA) is 103 Å². The fourth-order valence-electron chi connectivity index (χ4n) is 3.21. The zero-order chi connectivity index (χ0) is 22.2. The van der Waals surface area contributed by atoms with E-state index in [-0.39, 0.29) is 5.89 Å². The minimum atomic E-state index is -4.70. The molecule has 1 amide bonds. The molecule has 0 spiro atoms. The summed E-state index contributed by atoms with van der Waals surface area (Å²) in [6.45, 7) is 0. The fraction of sp³-hybridized carbons (Fsp3) is 0.316. The summed E-state index contributed by atoms with van der Waals surface area (Å²) < 4.78 is 49.6. The van der Waals surface area contributed by atoms with E-state index in [1.165, 1.54) is 13.3 Å². The van der Waals surface area contributed by atoms with Crippen LogP contribution in [0.15, 0.2) is 29.1 Å². The number of pyridine rings is 1. The quantitative estimate of drug-likeness (QED) is 0.636. The molecular formula is C19H15ClF3N5O3. The van der Waals surface area contributed by atoms with E-state index >= 15 is 0 Å². The third-order valence-electron chi connectivity index (χ3n) is 4.68. The predicted molar refractivity (Wildman–Crippen MR) is 101 cm³/mol. The van der Waals surface area contributed by atoms with Crippen LogP contribution in [0.25, 0.3) is 11.5 Å². The Morgan fingerprint density at radius 2 is 2.10 bits per heavy atom. The monoisotopic (exact) mass is 453 g/mol. The van der Waals surface area contributed by atoms with Gasteiger partial charge >= 0.3 is 6.18 Å². The van der Waals surface area contributed by atoms with Crippen LogP contribution in [-0.2, 0) is 12.6 Å². The van der Waals surface area contributed by atoms with Crippen molar-refractivity contribution >= 4 is 17.5 Å². The number of hydrogen-bond donors (Lipinski definition) is 1. The lowest BCUT2D eigenvalue weighted by atomic mass is 9.97. The lowest BCUT2D eigenvalue weighted by Gasteiger charge is -2.21. The molecule has 162 valence electrons. The van der Waals surface area contributed by atoms with Gasteiger partial charge in [0.05, 0.1) is 48.0 Å². The van der Waals surface area contributed by atoms with Crippen LogP contribution in [0.5, 0.6) is 5.88 Å². The molecule has 0 saturated carbocycles. The zero-order valence-corrected chi connectivity index (χ0v) is 16.8. The molecule has 1 aliphatic carbocycles. The van der Waals surface area contributed by atoms with Crippen LogP contribution in [0.2, 0.25) is 5.02 Å². The number of carbonyl (C=O) groups excluding carboxylic acids is 1. The van der Waals surface area contributed by atoms with E-state index in [1.54, 1.807) is 6.07 Å². The molecule has 8 nitrogen and oxygen atoms in total. The van der Waals surface area contributed by atoms with E-state index in [9.17, 15) is 18.0 Å². The molecule has 3 aromatic heterocycles. The van der Waals surface area contributed by atoms with Gasteiger partial charge in [-0.2, -0.15) is 13.2 Å². The van der Waals surface area contributed by atoms with Gasteiger partial charge in [-0.3, -0.25) is 9.78 Å². The Morgan fingerprint density at radius 1 is 1.29 bits per heavy atom. The standard InChI is InChI=1S/C19H15ClF3N5O3/c1-30-15-5-9(10(20)6-25-15)18-28-12-4-2-3-11(16(12)31-18)27-17(29)13-7-24-8-14(26-13)19(21,22)23/h5-8,11H,2-4H2,1H3,(H,27,29). The van der Waals surface area contributed by atoms with Gasteiger partial charge in [-0.25, -0.2) is 15.0 Å². The van der Waals surface area contributed by atoms with E-state index in [0.29, 0.717) is 53.4 Å². The maximum atomic E-state index is 12.9. The Hall–Kier alpha value is -3.21. The number of hydrogen-bond acceptors (Lipinski definition) is 7. The molecule has 3 heterocycles. The van der Waals surface area contributed by atoms with E-state index < -0.39 is 29.5 Å². The first-order chi connectivity index (χ1) is 14.8. The van der Waals surface area contributed by atoms with Crippen LogP contribution in [0.3, 0.4) is 0 Å². The zero-order valence-electron chi connectivity index (χ0n) is 16.0. The molecule has 1 atom stereocenters. The highest BCUT2D eigenvalue weighted by Crippen LogP contribution is 2.36. The average molecular weight is 454 g/mol. The Labute approximate surface area is 178 Å². The van der Waals surface area contributed by atoms with Gasteiger partial charge in [0.1, 0.15) is 11.5 Å². The van der Waals surface area contributed by atoms with Gasteiger partial charge in [0.2, 0.25) is 11.8 Å². The number of alkyl halides is 3. The highest BCUT2D eigenvalue weighted by Gasteiger charge is 2.34. The first-order valence-electron chi connectivity index (χ1n) is 9.16. The van der Waals surface area contributed by atoms with Gasteiger partial charge in [0, 0.05) is 6.07 Å². The average Bonchev–Trinajstić information content (AvgIpc) is 3.19. The molecule has 1 N–H and O–H groups in total. The summed E-state index contributed by atoms with van der Waals surface area (Å²) in [5.41, 5.74) is -0.582. The van der Waals surface area contributed by atoms with Crippen LogP contribution in [0, 0.1) is 0 Å². The second-order valence-electron chi connectivity index (χ2n) is 6.74. The first kappa shape index (κ1) is 21.0. The second-order valence-corrected chi connectivity index (χ2v) is 7.15. The largest absolute Gasteiger partial charge is 0.481 e. The van der Waals surface area contributed by atoms with Crippen molar-refractivity contribution in [2.24, 2.45) is 0 Å². The summed E-state index contributed by atoms with van der Waals surface area (Å²) in [5, 5.41) is 2.96. The van der Waals surface area contributed by atoms with E-state index in [4.69, 9.17) is 20.8 Å². The molecule has 0 saturated heterocycles. The summed E-state index contributed by atoms with van der Waals surface area (Å²) in [6, 6.07) is 0.988. The van der Waals surface area contributed by atoms with Crippen LogP contribution in [0.4, 0.5) is 13.2 Å². The Bertz CT molecular complexity index is 1140. The summed E-state index contributed by atoms with van der Waals surface area (Å²) >= 11 is 6.21. The molecule has 1 unspecified atom stereocenters. The summed E-state index contributed by atoms with van der Waals surface area (Å²) in [7, 11) is 1.46. The van der Waals surface area contributed by atoms with Crippen molar-refractivity contribution in [3.8, 4) is 17.3 Å². The number of nitrogens with zero attached hydrogens (tertiary/aromatic N) is 4. The van der Waals surface area contributed by atoms with Crippen molar-refractivity contribution in [1.82, 2.24) is 25.3 Å². The third kappa shape index (κ3) is 4.31. The van der Waals surface area contributed by atoms with E-state index in [1.807, 2.05) is 0 Å². The van der Waals surface area contributed by atoms with Gasteiger partial charge < -0.3 is 14.5 Å². The van der Waals surface area contributed by atoms with Crippen molar-refractivity contribution in [3.05, 3.63) is 52.5 Å². The summed E-state index contributed by atoms with van der Waals surface area (Å²) in [4.78, 5) is 27.8. The molecule has 0 fully saturated rings. The molecular weight excluding hydrogens is 439 g/mol. The first-order valence-corrected chi connectivity index (χ1v) is 9.53. The van der Waals surface area contributed by atoms with Crippen LogP contribution in [0.1, 0.15) is 46.5 Å². The normalized spacial score (nSPS) is 16.0. The van der Waals surface area contributed by atoms with Gasteiger partial charge in [0.25, 0.3) is 5.91 Å². The number of fused-ring (bicyclic) bond motifs is 1. The number of carbonyl (C=O) groups is 1. The number of rotatable bonds is 4. The van der Waals surface area contributed by atoms with Crippen molar-refractivity contribution < 1.29 is 27.1 Å². The molecule has 0 radical (unpaired) electrons. The van der Waals surface area contributed by atoms with Crippen molar-refractivity contribution in [2.75, 3.05) is 7.11 Å². The molecule has 0 aliphatic heterocycles. The van der Waals surface area contributed by atoms with Crippen molar-refractivity contribution in [1.29, 1.82) is 0 Å². The van der Waals surface area contributed by atoms with Crippen LogP contribution < -0.4 is 10.1 Å². The lowest BCUT2D eigenvalue weighted by Crippen LogP contribution is -2.31. The fourth-order valence-corrected chi connectivity index (χ4v) is 3.40. The van der Waals surface area contributed by atoms with Gasteiger partial charge in [-0.15, -0.1) is 0 Å². The Morgan fingerprint density at radius 3 is 2.84 bits per heavy atom. The van der Waals surface area contributed by atoms with Crippen molar-refractivity contribution in [2.45, 2.75) is 31.5 Å². The number of aromatic nitrogens is 4. The Balaban J connectivity index is 1.60. The molecule has 1 aliphatic rings. The van der Waals surface area contributed by atoms with Crippen LogP contribution in [-0.4, -0.2) is 33.0 Å². The molecule has 0 aromatic carbocycles. The second kappa shape index (κ2) is 8.14. The lowest BCUT2D eigenvalue weighted by molar-refractivity contribution is -0.141. The minimum absolute atomic E-state index is 0.232. The highest BCUT2D eigenvalue weighted by molar-refractivity contribution is 6.33. The molecule has 4 rings (SSSR count). The van der Waals surface area contributed by atoms with Gasteiger partial charge in [-0.1, -0.05) is 11.6 Å². The number of nitrogens with one attached hydrogen (secondary N) is 1. The number of oxazole rings is 1. The number of methoxy groups -OCH3 is 1. The molecule has 31 heavy (non-hydrogen) atoms. The highest BCUT2D eigenvalue weighted by atomic mass is 35.5. The summed E-state index contributed by atoms with van der Waals surface area (Å²) in [5.74, 6) is 0.179. The smallest absolute Gasteiger partial charge is 0.434 e. The number of amides is 1. The van der Waals surface area contributed by atoms with Gasteiger partial charge in [-0.05, 0) is 19.3 Å². The maximum Gasteiger partial charge on any atom is 0.434 e. The molecule has 12 heteroatoms. The minimum Gasteiger partial charge on any atom is -0.481 e. The predicted octanol–water partition coefficient (Wildman–Crippen LogP) is 4.01. The Kier molecular flexibility index (Phi) is 5.52. The van der Waals surface area contributed by atoms with Crippen LogP contribution >= 0.6 is 11.6 Å². The SMILES string of the molecule is COc1cc(-c2nc3c(o2)C(NC(=O)c2cncc(C(F)(F)F)n2)CCC3)c(Cl)cn1. The van der Waals surface area contributed by atoms with Crippen molar-refractivity contribution in [3.63, 3.8) is 0 Å². The number of ether oxygens (including phenoxy) is 1. The third-order valence-corrected chi connectivity index (χ3v) is 4.98. The van der Waals surface area contributed by atoms with Gasteiger partial charge in [0.15, 0.2) is 5.69 Å². The molecule has 3 aromatic rings.